The average Bonchev–Trinajstić information content (AvgIpc) is 2.39. The third kappa shape index (κ3) is 6.15. The first-order chi connectivity index (χ1) is 9.13. The van der Waals surface area contributed by atoms with Crippen LogP contribution in [0, 0.1) is 5.92 Å². The molecular formula is C13H22N4O2. The van der Waals surface area contributed by atoms with Crippen molar-refractivity contribution in [2.45, 2.75) is 20.8 Å². The van der Waals surface area contributed by atoms with E-state index in [9.17, 15) is 4.79 Å². The largest absolute Gasteiger partial charge is 0.379 e. The van der Waals surface area contributed by atoms with Crippen molar-refractivity contribution in [3.63, 3.8) is 0 Å². The highest BCUT2D eigenvalue weighted by atomic mass is 16.5. The minimum absolute atomic E-state index is 0.233. The van der Waals surface area contributed by atoms with Crippen molar-refractivity contribution in [3.05, 3.63) is 17.8 Å². The molecular weight excluding hydrogens is 244 g/mol. The lowest BCUT2D eigenvalue weighted by molar-refractivity contribution is 0.0881. The number of nitrogens with one attached hydrogen (secondary N) is 2. The Labute approximate surface area is 113 Å². The van der Waals surface area contributed by atoms with Crippen molar-refractivity contribution in [1.29, 1.82) is 0 Å². The van der Waals surface area contributed by atoms with Gasteiger partial charge in [-0.1, -0.05) is 13.8 Å². The number of nitrogens with zero attached hydrogens (tertiary/aromatic N) is 2. The van der Waals surface area contributed by atoms with Gasteiger partial charge in [-0.05, 0) is 25.0 Å². The number of aromatic nitrogens is 2. The highest BCUT2D eigenvalue weighted by Crippen LogP contribution is 2.01. The number of ether oxygens (including phenoxy) is 1. The highest BCUT2D eigenvalue weighted by Gasteiger charge is 2.07. The molecule has 6 nitrogen and oxygen atoms in total. The Balaban J connectivity index is 2.29. The van der Waals surface area contributed by atoms with E-state index in [1.807, 2.05) is 6.92 Å². The fraction of sp³-hybridized carbons (Fsp3) is 0.615. The van der Waals surface area contributed by atoms with Crippen molar-refractivity contribution >= 4 is 11.7 Å². The van der Waals surface area contributed by atoms with Gasteiger partial charge >= 0.3 is 0 Å². The summed E-state index contributed by atoms with van der Waals surface area (Å²) in [6, 6.07) is 3.38. The molecule has 1 heterocycles. The number of carbonyl (C=O) groups excluding carboxylic acids is 1. The molecule has 106 valence electrons. The van der Waals surface area contributed by atoms with Gasteiger partial charge in [-0.3, -0.25) is 4.79 Å². The van der Waals surface area contributed by atoms with Gasteiger partial charge in [0.25, 0.3) is 5.91 Å². The molecule has 0 radical (unpaired) electrons. The van der Waals surface area contributed by atoms with E-state index in [0.29, 0.717) is 37.2 Å². The van der Waals surface area contributed by atoms with Crippen molar-refractivity contribution in [3.8, 4) is 0 Å². The van der Waals surface area contributed by atoms with Gasteiger partial charge < -0.3 is 15.4 Å². The lowest BCUT2D eigenvalue weighted by Gasteiger charge is -2.08. The Morgan fingerprint density at radius 3 is 2.74 bits per heavy atom. The lowest BCUT2D eigenvalue weighted by Crippen LogP contribution is -2.28. The maximum Gasteiger partial charge on any atom is 0.271 e. The van der Waals surface area contributed by atoms with Gasteiger partial charge in [0.1, 0.15) is 5.82 Å². The molecule has 19 heavy (non-hydrogen) atoms. The lowest BCUT2D eigenvalue weighted by atomic mass is 10.2. The van der Waals surface area contributed by atoms with Gasteiger partial charge in [-0.2, -0.15) is 0 Å². The van der Waals surface area contributed by atoms with Crippen molar-refractivity contribution in [2.75, 3.05) is 31.6 Å². The predicted molar refractivity (Wildman–Crippen MR) is 74.2 cm³/mol. The maximum atomic E-state index is 11.7. The van der Waals surface area contributed by atoms with Crippen molar-refractivity contribution < 1.29 is 9.53 Å². The van der Waals surface area contributed by atoms with Crippen molar-refractivity contribution in [2.24, 2.45) is 5.92 Å². The SMILES string of the molecule is CCNc1ccc(C(=O)NCCOCC(C)C)nn1. The first kappa shape index (κ1) is 15.4. The van der Waals surface area contributed by atoms with E-state index in [-0.39, 0.29) is 5.91 Å². The summed E-state index contributed by atoms with van der Waals surface area (Å²) in [5.74, 6) is 0.934. The van der Waals surface area contributed by atoms with Crippen molar-refractivity contribution in [1.82, 2.24) is 15.5 Å². The number of carbonyl (C=O) groups is 1. The molecule has 2 N–H and O–H groups in total. The fourth-order valence-corrected chi connectivity index (χ4v) is 1.38. The number of hydrogen-bond acceptors (Lipinski definition) is 5. The Hall–Kier alpha value is -1.69. The highest BCUT2D eigenvalue weighted by molar-refractivity contribution is 5.92. The molecule has 0 aromatic carbocycles. The molecule has 0 aliphatic carbocycles. The minimum Gasteiger partial charge on any atom is -0.379 e. The van der Waals surface area contributed by atoms with E-state index in [0.717, 1.165) is 6.54 Å². The Morgan fingerprint density at radius 1 is 1.37 bits per heavy atom. The molecule has 0 aliphatic rings. The first-order valence-corrected chi connectivity index (χ1v) is 6.57. The van der Waals surface area contributed by atoms with Crippen LogP contribution in [0.2, 0.25) is 0 Å². The summed E-state index contributed by atoms with van der Waals surface area (Å²) in [6.07, 6.45) is 0. The third-order valence-electron chi connectivity index (χ3n) is 2.24. The fourth-order valence-electron chi connectivity index (χ4n) is 1.38. The molecule has 0 bridgehead atoms. The first-order valence-electron chi connectivity index (χ1n) is 6.57. The number of anilines is 1. The van der Waals surface area contributed by atoms with Crippen LogP contribution in [0.1, 0.15) is 31.3 Å². The zero-order chi connectivity index (χ0) is 14.1. The standard InChI is InChI=1S/C13H22N4O2/c1-4-14-12-6-5-11(16-17-12)13(18)15-7-8-19-9-10(2)3/h5-6,10H,4,7-9H2,1-3H3,(H,14,17)(H,15,18). The van der Waals surface area contributed by atoms with Crippen LogP contribution in [-0.4, -0.2) is 42.4 Å². The Morgan fingerprint density at radius 2 is 2.16 bits per heavy atom. The molecule has 0 aliphatic heterocycles. The van der Waals surface area contributed by atoms with E-state index in [2.05, 4.69) is 34.7 Å². The van der Waals surface area contributed by atoms with Gasteiger partial charge in [-0.15, -0.1) is 10.2 Å². The molecule has 0 saturated carbocycles. The van der Waals surface area contributed by atoms with Gasteiger partial charge in [0.05, 0.1) is 6.61 Å². The third-order valence-corrected chi connectivity index (χ3v) is 2.24. The van der Waals surface area contributed by atoms with Crippen LogP contribution >= 0.6 is 0 Å². The smallest absolute Gasteiger partial charge is 0.271 e. The second-order valence-electron chi connectivity index (χ2n) is 4.56. The second-order valence-corrected chi connectivity index (χ2v) is 4.56. The summed E-state index contributed by atoms with van der Waals surface area (Å²) in [4.78, 5) is 11.7. The van der Waals surface area contributed by atoms with Gasteiger partial charge in [0, 0.05) is 19.7 Å². The van der Waals surface area contributed by atoms with E-state index in [1.165, 1.54) is 0 Å². The molecule has 0 saturated heterocycles. The molecule has 6 heteroatoms. The van der Waals surface area contributed by atoms with Crippen LogP contribution in [0.15, 0.2) is 12.1 Å². The Kier molecular flexibility index (Phi) is 6.81. The summed E-state index contributed by atoms with van der Waals surface area (Å²) in [7, 11) is 0. The van der Waals surface area contributed by atoms with E-state index >= 15 is 0 Å². The van der Waals surface area contributed by atoms with Crippen LogP contribution in [-0.2, 0) is 4.74 Å². The second kappa shape index (κ2) is 8.42. The average molecular weight is 266 g/mol. The molecule has 1 aromatic rings. The number of rotatable bonds is 8. The molecule has 0 unspecified atom stereocenters. The van der Waals surface area contributed by atoms with Gasteiger partial charge in [0.2, 0.25) is 0 Å². The van der Waals surface area contributed by atoms with E-state index in [4.69, 9.17) is 4.74 Å². The van der Waals surface area contributed by atoms with E-state index in [1.54, 1.807) is 12.1 Å². The molecule has 1 rings (SSSR count). The van der Waals surface area contributed by atoms with Crippen LogP contribution in [0.5, 0.6) is 0 Å². The monoisotopic (exact) mass is 266 g/mol. The van der Waals surface area contributed by atoms with Crippen LogP contribution in [0.25, 0.3) is 0 Å². The van der Waals surface area contributed by atoms with Crippen LogP contribution in [0.4, 0.5) is 5.82 Å². The summed E-state index contributed by atoms with van der Waals surface area (Å²) in [6.45, 7) is 8.59. The molecule has 1 aromatic heterocycles. The summed E-state index contributed by atoms with van der Waals surface area (Å²) >= 11 is 0. The van der Waals surface area contributed by atoms with E-state index < -0.39 is 0 Å². The normalized spacial score (nSPS) is 10.5. The minimum atomic E-state index is -0.233. The predicted octanol–water partition coefficient (Wildman–Crippen LogP) is 1.31. The van der Waals surface area contributed by atoms with Crippen LogP contribution in [0.3, 0.4) is 0 Å². The molecule has 0 fully saturated rings. The van der Waals surface area contributed by atoms with Gasteiger partial charge in [-0.25, -0.2) is 0 Å². The number of amides is 1. The molecule has 0 atom stereocenters. The summed E-state index contributed by atoms with van der Waals surface area (Å²) < 4.78 is 5.37. The van der Waals surface area contributed by atoms with Crippen LogP contribution < -0.4 is 10.6 Å². The topological polar surface area (TPSA) is 76.1 Å². The van der Waals surface area contributed by atoms with Gasteiger partial charge in [0.15, 0.2) is 5.69 Å². The summed E-state index contributed by atoms with van der Waals surface area (Å²) in [5, 5.41) is 13.5. The zero-order valence-electron chi connectivity index (χ0n) is 11.8. The molecule has 1 amide bonds. The Bertz CT molecular complexity index is 379. The maximum absolute atomic E-state index is 11.7. The zero-order valence-corrected chi connectivity index (χ0v) is 11.8. The molecule has 0 spiro atoms. The number of hydrogen-bond donors (Lipinski definition) is 2. The quantitative estimate of drug-likeness (QED) is 0.694. The summed E-state index contributed by atoms with van der Waals surface area (Å²) in [5.41, 5.74) is 0.311.